The zero-order valence-corrected chi connectivity index (χ0v) is 13.8. The minimum atomic E-state index is -1.23. The van der Waals surface area contributed by atoms with Crippen LogP contribution in [0.1, 0.15) is 24.2 Å². The van der Waals surface area contributed by atoms with Gasteiger partial charge in [0.15, 0.2) is 5.82 Å². The number of aryl methyl sites for hydroxylation is 2. The molecule has 2 aromatic rings. The Kier molecular flexibility index (Phi) is 4.33. The molecule has 0 aliphatic carbocycles. The number of aromatic nitrogens is 3. The number of rotatable bonds is 4. The van der Waals surface area contributed by atoms with Gasteiger partial charge in [0.1, 0.15) is 5.75 Å². The molecule has 1 saturated heterocycles. The highest BCUT2D eigenvalue weighted by Gasteiger charge is 2.44. The van der Waals surface area contributed by atoms with Crippen LogP contribution in [0.5, 0.6) is 5.75 Å². The topological polar surface area (TPSA) is 88.4 Å². The maximum absolute atomic E-state index is 11.8. The number of carboxylic acids is 1. The van der Waals surface area contributed by atoms with Gasteiger partial charge in [0.05, 0.1) is 11.9 Å². The number of hydrogen-bond acceptors (Lipinski definition) is 6. The third-order valence-electron chi connectivity index (χ3n) is 4.27. The van der Waals surface area contributed by atoms with Gasteiger partial charge in [-0.2, -0.15) is 5.10 Å². The van der Waals surface area contributed by atoms with Gasteiger partial charge >= 0.3 is 5.97 Å². The van der Waals surface area contributed by atoms with Crippen LogP contribution in [0, 0.1) is 13.8 Å². The van der Waals surface area contributed by atoms with E-state index in [1.165, 1.54) is 0 Å². The second-order valence-electron chi connectivity index (χ2n) is 6.06. The lowest BCUT2D eigenvalue weighted by molar-refractivity contribution is -0.157. The predicted octanol–water partition coefficient (Wildman–Crippen LogP) is 1.99. The molecule has 0 radical (unpaired) electrons. The number of hydrogen-bond donors (Lipinski definition) is 1. The molecule has 1 aliphatic heterocycles. The number of piperidine rings is 1. The molecule has 7 nitrogen and oxygen atoms in total. The molecule has 0 unspecified atom stereocenters. The number of pyridine rings is 1. The van der Waals surface area contributed by atoms with Gasteiger partial charge in [-0.05, 0) is 38.1 Å². The molecule has 0 bridgehead atoms. The van der Waals surface area contributed by atoms with Crippen LogP contribution >= 0.6 is 0 Å². The molecule has 0 amide bonds. The molecule has 0 saturated carbocycles. The van der Waals surface area contributed by atoms with E-state index in [-0.39, 0.29) is 0 Å². The zero-order valence-electron chi connectivity index (χ0n) is 13.8. The van der Waals surface area contributed by atoms with Crippen LogP contribution in [0.4, 0.5) is 5.82 Å². The summed E-state index contributed by atoms with van der Waals surface area (Å²) in [5.74, 6) is 0.292. The van der Waals surface area contributed by atoms with Crippen molar-refractivity contribution in [1.29, 1.82) is 0 Å². The molecule has 0 spiro atoms. The Morgan fingerprint density at radius 1 is 1.12 bits per heavy atom. The number of anilines is 1. The lowest BCUT2D eigenvalue weighted by Gasteiger charge is -2.39. The monoisotopic (exact) mass is 328 g/mol. The van der Waals surface area contributed by atoms with Crippen LogP contribution < -0.4 is 9.64 Å². The largest absolute Gasteiger partial charge is 0.478 e. The third kappa shape index (κ3) is 3.29. The van der Waals surface area contributed by atoms with E-state index in [1.54, 1.807) is 12.3 Å². The van der Waals surface area contributed by atoms with Crippen molar-refractivity contribution in [2.24, 2.45) is 0 Å². The van der Waals surface area contributed by atoms with Gasteiger partial charge < -0.3 is 14.7 Å². The van der Waals surface area contributed by atoms with E-state index in [2.05, 4.69) is 15.2 Å². The van der Waals surface area contributed by atoms with Crippen molar-refractivity contribution in [3.8, 4) is 5.75 Å². The zero-order chi connectivity index (χ0) is 17.2. The van der Waals surface area contributed by atoms with E-state index in [0.717, 1.165) is 17.2 Å². The van der Waals surface area contributed by atoms with Gasteiger partial charge in [0, 0.05) is 31.6 Å². The molecule has 0 atom stereocenters. The molecule has 126 valence electrons. The van der Waals surface area contributed by atoms with Crippen LogP contribution in [0.25, 0.3) is 0 Å². The van der Waals surface area contributed by atoms with Gasteiger partial charge in [0.25, 0.3) is 0 Å². The second kappa shape index (κ2) is 6.43. The fourth-order valence-electron chi connectivity index (χ4n) is 2.76. The minimum absolute atomic E-state index is 0.367. The van der Waals surface area contributed by atoms with Crippen molar-refractivity contribution < 1.29 is 14.6 Å². The number of nitrogens with zero attached hydrogens (tertiary/aromatic N) is 4. The summed E-state index contributed by atoms with van der Waals surface area (Å²) in [5.41, 5.74) is 0.483. The Morgan fingerprint density at radius 2 is 1.83 bits per heavy atom. The number of ether oxygens (including phenoxy) is 1. The number of carboxylic acid groups (broad SMARTS) is 1. The third-order valence-corrected chi connectivity index (χ3v) is 4.27. The van der Waals surface area contributed by atoms with Crippen LogP contribution in [-0.4, -0.2) is 44.9 Å². The second-order valence-corrected chi connectivity index (χ2v) is 6.06. The van der Waals surface area contributed by atoms with Crippen molar-refractivity contribution >= 4 is 11.8 Å². The molecule has 3 heterocycles. The smallest absolute Gasteiger partial charge is 0.348 e. The summed E-state index contributed by atoms with van der Waals surface area (Å²) in [4.78, 5) is 18.0. The minimum Gasteiger partial charge on any atom is -0.478 e. The van der Waals surface area contributed by atoms with E-state index >= 15 is 0 Å². The average molecular weight is 328 g/mol. The van der Waals surface area contributed by atoms with Crippen molar-refractivity contribution in [1.82, 2.24) is 15.2 Å². The van der Waals surface area contributed by atoms with Crippen LogP contribution in [-0.2, 0) is 4.79 Å². The van der Waals surface area contributed by atoms with E-state index < -0.39 is 11.6 Å². The van der Waals surface area contributed by atoms with Crippen LogP contribution in [0.2, 0.25) is 0 Å². The molecular formula is C17H20N4O3. The molecule has 7 heteroatoms. The molecule has 0 aromatic carbocycles. The van der Waals surface area contributed by atoms with Crippen molar-refractivity contribution in [2.75, 3.05) is 18.0 Å². The summed E-state index contributed by atoms with van der Waals surface area (Å²) in [6.45, 7) is 4.84. The Morgan fingerprint density at radius 3 is 2.38 bits per heavy atom. The molecule has 1 aliphatic rings. The van der Waals surface area contributed by atoms with Gasteiger partial charge in [-0.1, -0.05) is 0 Å². The molecule has 24 heavy (non-hydrogen) atoms. The van der Waals surface area contributed by atoms with Crippen molar-refractivity contribution in [3.05, 3.63) is 41.9 Å². The summed E-state index contributed by atoms with van der Waals surface area (Å²) in [6, 6.07) is 7.36. The van der Waals surface area contributed by atoms with E-state index in [4.69, 9.17) is 4.74 Å². The van der Waals surface area contributed by atoms with E-state index in [9.17, 15) is 9.90 Å². The summed E-state index contributed by atoms with van der Waals surface area (Å²) < 4.78 is 5.84. The lowest BCUT2D eigenvalue weighted by atomic mass is 9.91. The quantitative estimate of drug-likeness (QED) is 0.918. The highest BCUT2D eigenvalue weighted by Crippen LogP contribution is 2.30. The first-order valence-electron chi connectivity index (χ1n) is 7.89. The van der Waals surface area contributed by atoms with Gasteiger partial charge in [0.2, 0.25) is 5.60 Å². The summed E-state index contributed by atoms with van der Waals surface area (Å²) in [6.07, 6.45) is 2.30. The Balaban J connectivity index is 1.73. The van der Waals surface area contributed by atoms with E-state index in [1.807, 2.05) is 36.9 Å². The van der Waals surface area contributed by atoms with Crippen LogP contribution in [0.3, 0.4) is 0 Å². The molecular weight excluding hydrogens is 308 g/mol. The lowest BCUT2D eigenvalue weighted by Crippen LogP contribution is -2.53. The molecule has 2 aromatic heterocycles. The average Bonchev–Trinajstić information content (AvgIpc) is 2.58. The first-order valence-corrected chi connectivity index (χ1v) is 7.89. The first-order chi connectivity index (χ1) is 11.5. The summed E-state index contributed by atoms with van der Waals surface area (Å²) in [7, 11) is 0. The summed E-state index contributed by atoms with van der Waals surface area (Å²) >= 11 is 0. The van der Waals surface area contributed by atoms with Gasteiger partial charge in [-0.3, -0.25) is 4.98 Å². The predicted molar refractivity (Wildman–Crippen MR) is 88.2 cm³/mol. The Bertz CT molecular complexity index is 708. The molecule has 3 rings (SSSR count). The van der Waals surface area contributed by atoms with Crippen molar-refractivity contribution in [3.63, 3.8) is 0 Å². The maximum atomic E-state index is 11.8. The fraction of sp³-hybridized carbons (Fsp3) is 0.412. The Labute approximate surface area is 140 Å². The highest BCUT2D eigenvalue weighted by molar-refractivity contribution is 5.78. The highest BCUT2D eigenvalue weighted by atomic mass is 16.5. The number of carbonyl (C=O) groups is 1. The standard InChI is InChI=1S/C17H20N4O3/c1-12-3-5-14(11-18-12)24-17(16(22)23)7-9-21(10-8-17)15-6-4-13(2)19-20-15/h3-6,11H,7-10H2,1-2H3,(H,22,23). The normalized spacial score (nSPS) is 16.7. The SMILES string of the molecule is Cc1ccc(OC2(C(=O)O)CCN(c3ccc(C)nn3)CC2)cn1. The first kappa shape index (κ1) is 16.2. The fourth-order valence-corrected chi connectivity index (χ4v) is 2.76. The van der Waals surface area contributed by atoms with Crippen LogP contribution in [0.15, 0.2) is 30.5 Å². The van der Waals surface area contributed by atoms with Gasteiger partial charge in [-0.25, -0.2) is 4.79 Å². The summed E-state index contributed by atoms with van der Waals surface area (Å²) in [5, 5.41) is 17.9. The maximum Gasteiger partial charge on any atom is 0.348 e. The van der Waals surface area contributed by atoms with Gasteiger partial charge in [-0.15, -0.1) is 5.10 Å². The van der Waals surface area contributed by atoms with E-state index in [0.29, 0.717) is 31.7 Å². The molecule has 1 N–H and O–H groups in total. The number of aliphatic carboxylic acids is 1. The Hall–Kier alpha value is -2.70. The molecule has 1 fully saturated rings. The van der Waals surface area contributed by atoms with Crippen molar-refractivity contribution in [2.45, 2.75) is 32.3 Å².